The number of fused-ring (bicyclic) bond motifs is 2. The van der Waals surface area contributed by atoms with Crippen LogP contribution in [0.4, 0.5) is 11.6 Å². The van der Waals surface area contributed by atoms with E-state index in [1.165, 1.54) is 12.1 Å². The molecule has 294 valence electrons. The molecule has 4 amide bonds. The van der Waals surface area contributed by atoms with Crippen molar-refractivity contribution < 1.29 is 23.9 Å². The third kappa shape index (κ3) is 7.71. The third-order valence-electron chi connectivity index (χ3n) is 11.7. The summed E-state index contributed by atoms with van der Waals surface area (Å²) >= 11 is 0. The number of pyridine rings is 2. The van der Waals surface area contributed by atoms with Crippen LogP contribution >= 0.6 is 0 Å². The number of piperidine rings is 1. The van der Waals surface area contributed by atoms with Crippen molar-refractivity contribution in [1.82, 2.24) is 30.1 Å². The second-order valence-corrected chi connectivity index (χ2v) is 15.4. The monoisotopic (exact) mass is 768 g/mol. The number of amides is 4. The van der Waals surface area contributed by atoms with Gasteiger partial charge in [0.15, 0.2) is 0 Å². The van der Waals surface area contributed by atoms with Gasteiger partial charge in [-0.3, -0.25) is 29.4 Å². The molecule has 0 saturated carbocycles. The Balaban J connectivity index is 0.859. The van der Waals surface area contributed by atoms with Crippen molar-refractivity contribution in [2.75, 3.05) is 36.9 Å². The molecule has 5 aromatic rings. The van der Waals surface area contributed by atoms with Crippen LogP contribution in [0.5, 0.6) is 5.75 Å². The number of imide groups is 1. The summed E-state index contributed by atoms with van der Waals surface area (Å²) in [4.78, 5) is 69.1. The van der Waals surface area contributed by atoms with E-state index in [0.29, 0.717) is 48.8 Å². The number of hydrogen-bond acceptors (Lipinski definition) is 9. The lowest BCUT2D eigenvalue weighted by atomic mass is 9.94. The third-order valence-corrected chi connectivity index (χ3v) is 11.7. The zero-order chi connectivity index (χ0) is 39.6. The van der Waals surface area contributed by atoms with E-state index in [1.54, 1.807) is 29.4 Å². The lowest BCUT2D eigenvalue weighted by molar-refractivity contribution is -0.129. The summed E-state index contributed by atoms with van der Waals surface area (Å²) in [5.41, 5.74) is 7.01. The van der Waals surface area contributed by atoms with Crippen molar-refractivity contribution in [3.8, 4) is 16.9 Å². The molecule has 2 aromatic carbocycles. The van der Waals surface area contributed by atoms with Crippen molar-refractivity contribution in [3.05, 3.63) is 101 Å². The van der Waals surface area contributed by atoms with Gasteiger partial charge in [-0.25, -0.2) is 9.97 Å². The molecule has 0 aliphatic carbocycles. The minimum absolute atomic E-state index is 0.0383. The molecular weight excluding hydrogens is 721 g/mol. The molecule has 2 unspecified atom stereocenters. The van der Waals surface area contributed by atoms with E-state index in [9.17, 15) is 19.2 Å². The average molecular weight is 769 g/mol. The fraction of sp³-hybridized carbons (Fsp3) is 0.364. The van der Waals surface area contributed by atoms with Gasteiger partial charge in [0.05, 0.1) is 11.1 Å². The predicted octanol–water partition coefficient (Wildman–Crippen LogP) is 6.40. The number of carbonyl (C=O) groups excluding carboxylic acids is 4. The number of nitrogens with zero attached hydrogens (tertiary/aromatic N) is 5. The maximum atomic E-state index is 13.5. The Kier molecular flexibility index (Phi) is 10.7. The summed E-state index contributed by atoms with van der Waals surface area (Å²) in [6.07, 6.45) is 8.93. The number of hydrogen-bond donors (Lipinski definition) is 3. The molecule has 0 spiro atoms. The smallest absolute Gasteiger partial charge is 0.258 e. The van der Waals surface area contributed by atoms with Crippen LogP contribution in [0.25, 0.3) is 22.0 Å². The number of nitrogens with one attached hydrogen (secondary N) is 3. The van der Waals surface area contributed by atoms with Crippen LogP contribution in [0.15, 0.2) is 73.1 Å². The molecule has 6 heterocycles. The lowest BCUT2D eigenvalue weighted by Crippen LogP contribution is -2.46. The fourth-order valence-electron chi connectivity index (χ4n) is 8.62. The number of ether oxygens (including phenoxy) is 1. The summed E-state index contributed by atoms with van der Waals surface area (Å²) in [5, 5.41) is 6.18. The molecule has 57 heavy (non-hydrogen) atoms. The van der Waals surface area contributed by atoms with Crippen LogP contribution in [0, 0.1) is 6.92 Å². The average Bonchev–Trinajstić information content (AvgIpc) is 3.93. The molecule has 3 aliphatic heterocycles. The van der Waals surface area contributed by atoms with Crippen molar-refractivity contribution >= 4 is 46.7 Å². The highest BCUT2D eigenvalue weighted by atomic mass is 16.5. The number of aryl methyl sites for hydroxylation is 1. The maximum Gasteiger partial charge on any atom is 0.258 e. The van der Waals surface area contributed by atoms with Crippen LogP contribution in [-0.4, -0.2) is 87.7 Å². The fourth-order valence-corrected chi connectivity index (χ4v) is 8.62. The van der Waals surface area contributed by atoms with Gasteiger partial charge >= 0.3 is 0 Å². The molecule has 0 bridgehead atoms. The van der Waals surface area contributed by atoms with Crippen LogP contribution in [0.2, 0.25) is 0 Å². The highest BCUT2D eigenvalue weighted by Crippen LogP contribution is 2.37. The molecule has 3 aliphatic rings. The normalized spacial score (nSPS) is 17.8. The number of aromatic amines is 1. The van der Waals surface area contributed by atoms with Crippen molar-refractivity contribution in [2.45, 2.75) is 77.1 Å². The number of rotatable bonds is 12. The van der Waals surface area contributed by atoms with Gasteiger partial charge in [0.25, 0.3) is 11.8 Å². The number of carbonyl (C=O) groups is 4. The summed E-state index contributed by atoms with van der Waals surface area (Å²) in [6, 6.07) is 19.1. The highest BCUT2D eigenvalue weighted by Gasteiger charge is 2.37. The van der Waals surface area contributed by atoms with Gasteiger partial charge in [-0.1, -0.05) is 31.5 Å². The Morgan fingerprint density at radius 1 is 0.982 bits per heavy atom. The molecule has 13 nitrogen and oxygen atoms in total. The van der Waals surface area contributed by atoms with E-state index in [1.807, 2.05) is 56.3 Å². The van der Waals surface area contributed by atoms with E-state index in [4.69, 9.17) is 4.74 Å². The Labute approximate surface area is 331 Å². The lowest BCUT2D eigenvalue weighted by Gasteiger charge is -2.33. The highest BCUT2D eigenvalue weighted by molar-refractivity contribution is 6.05. The van der Waals surface area contributed by atoms with Gasteiger partial charge in [0.1, 0.15) is 29.5 Å². The summed E-state index contributed by atoms with van der Waals surface area (Å²) in [7, 11) is 2.15. The van der Waals surface area contributed by atoms with Crippen molar-refractivity contribution in [2.24, 2.45) is 0 Å². The van der Waals surface area contributed by atoms with Crippen LogP contribution in [0.3, 0.4) is 0 Å². The van der Waals surface area contributed by atoms with Gasteiger partial charge in [-0.2, -0.15) is 0 Å². The number of likely N-dealkylation sites (tertiary alicyclic amines) is 1. The zero-order valence-corrected chi connectivity index (χ0v) is 32.6. The first kappa shape index (κ1) is 37.8. The standard InChI is InChI=1S/C44H48N8O5/c1-4-7-39(43(55)47-26-53)52-25-35-33(8-5-9-34(35)44(52)56)32-13-12-31(20-27(32)2)57-30-15-18-51(19-16-30)41-14-11-28(23-46-41)42(54)49-40-22-36-29(24-45-40)21-37(48-36)38-10-6-17-50(38)3/h5,8-9,11-14,20-24,26,30,38-39,48H,4,6-7,10,15-19,25H2,1-3H3,(H,45,49,54)(H,47,53,55). The zero-order valence-electron chi connectivity index (χ0n) is 32.6. The second kappa shape index (κ2) is 16.2. The van der Waals surface area contributed by atoms with Gasteiger partial charge < -0.3 is 24.8 Å². The van der Waals surface area contributed by atoms with E-state index in [0.717, 1.165) is 83.6 Å². The van der Waals surface area contributed by atoms with E-state index < -0.39 is 11.9 Å². The van der Waals surface area contributed by atoms with Crippen molar-refractivity contribution in [1.29, 1.82) is 0 Å². The van der Waals surface area contributed by atoms with E-state index in [2.05, 4.69) is 48.5 Å². The number of aromatic nitrogens is 3. The second-order valence-electron chi connectivity index (χ2n) is 15.4. The van der Waals surface area contributed by atoms with Crippen LogP contribution in [0.1, 0.15) is 89.0 Å². The molecule has 2 fully saturated rings. The molecule has 2 atom stereocenters. The molecule has 13 heteroatoms. The number of H-pyrrole nitrogens is 1. The van der Waals surface area contributed by atoms with E-state index >= 15 is 0 Å². The summed E-state index contributed by atoms with van der Waals surface area (Å²) < 4.78 is 6.47. The maximum absolute atomic E-state index is 13.5. The molecule has 3 aromatic heterocycles. The Bertz CT molecular complexity index is 2320. The number of benzene rings is 2. The first-order valence-corrected chi connectivity index (χ1v) is 19.9. The SMILES string of the molecule is CCCC(C(=O)NC=O)N1Cc2c(cccc2-c2ccc(OC3CCN(c4ccc(C(=O)Nc5cc6[nH]c(C7CCCN7C)cc6cn5)cn4)CC3)cc2C)C1=O. The van der Waals surface area contributed by atoms with Crippen LogP contribution in [-0.2, 0) is 16.1 Å². The largest absolute Gasteiger partial charge is 0.490 e. The first-order chi connectivity index (χ1) is 27.7. The topological polar surface area (TPSA) is 153 Å². The number of anilines is 2. The minimum Gasteiger partial charge on any atom is -0.490 e. The Morgan fingerprint density at radius 3 is 2.53 bits per heavy atom. The molecular formula is C44H48N8O5. The van der Waals surface area contributed by atoms with E-state index in [-0.39, 0.29) is 17.9 Å². The molecule has 8 rings (SSSR count). The molecule has 2 saturated heterocycles. The molecule has 3 N–H and O–H groups in total. The van der Waals surface area contributed by atoms with Gasteiger partial charge in [0.2, 0.25) is 12.3 Å². The van der Waals surface area contributed by atoms with Gasteiger partial charge in [-0.05, 0) is 98.4 Å². The van der Waals surface area contributed by atoms with Crippen molar-refractivity contribution in [3.63, 3.8) is 0 Å². The Hall–Kier alpha value is -6.08. The van der Waals surface area contributed by atoms with Gasteiger partial charge in [0, 0.05) is 73.6 Å². The van der Waals surface area contributed by atoms with Crippen LogP contribution < -0.4 is 20.3 Å². The quantitative estimate of drug-likeness (QED) is 0.123. The summed E-state index contributed by atoms with van der Waals surface area (Å²) in [5.74, 6) is 1.17. The first-order valence-electron chi connectivity index (χ1n) is 19.9. The van der Waals surface area contributed by atoms with Gasteiger partial charge in [-0.15, -0.1) is 0 Å². The Morgan fingerprint density at radius 2 is 1.81 bits per heavy atom. The predicted molar refractivity (Wildman–Crippen MR) is 218 cm³/mol. The summed E-state index contributed by atoms with van der Waals surface area (Å²) in [6.45, 7) is 6.91. The molecule has 0 radical (unpaired) electrons. The minimum atomic E-state index is -0.717.